The SMILES string of the molecule is CN1C(=O)C(NC(=O)n2cc(Cc3ccc(F)nc3F)cn2)CCc2ccc(C#CC(C)(C)O)cc21. The summed E-state index contributed by atoms with van der Waals surface area (Å²) in [4.78, 5) is 30.6. The van der Waals surface area contributed by atoms with Crippen molar-refractivity contribution in [3.8, 4) is 11.8 Å². The van der Waals surface area contributed by atoms with Gasteiger partial charge < -0.3 is 15.3 Å². The van der Waals surface area contributed by atoms with Crippen LogP contribution in [0.25, 0.3) is 0 Å². The molecule has 0 fully saturated rings. The van der Waals surface area contributed by atoms with Crippen molar-refractivity contribution >= 4 is 17.6 Å². The molecular formula is C26H25F2N5O3. The fourth-order valence-corrected chi connectivity index (χ4v) is 3.87. The highest BCUT2D eigenvalue weighted by Crippen LogP contribution is 2.27. The lowest BCUT2D eigenvalue weighted by Crippen LogP contribution is -2.48. The molecule has 0 spiro atoms. The molecule has 186 valence electrons. The van der Waals surface area contributed by atoms with Crippen molar-refractivity contribution in [1.29, 1.82) is 0 Å². The molecule has 1 unspecified atom stereocenters. The number of nitrogens with one attached hydrogen (secondary N) is 1. The molecule has 0 saturated carbocycles. The normalized spacial score (nSPS) is 15.6. The molecular weight excluding hydrogens is 468 g/mol. The second-order valence-electron chi connectivity index (χ2n) is 9.14. The number of halogens is 2. The van der Waals surface area contributed by atoms with Gasteiger partial charge in [-0.2, -0.15) is 23.5 Å². The number of likely N-dealkylation sites (N-methyl/N-ethyl adjacent to an activating group) is 1. The van der Waals surface area contributed by atoms with Crippen molar-refractivity contribution in [3.63, 3.8) is 0 Å². The predicted molar refractivity (Wildman–Crippen MR) is 128 cm³/mol. The van der Waals surface area contributed by atoms with E-state index in [1.54, 1.807) is 27.0 Å². The fourth-order valence-electron chi connectivity index (χ4n) is 3.87. The first-order chi connectivity index (χ1) is 17.0. The van der Waals surface area contributed by atoms with E-state index in [1.165, 1.54) is 23.4 Å². The van der Waals surface area contributed by atoms with Crippen LogP contribution in [-0.2, 0) is 17.6 Å². The molecule has 3 aromatic rings. The largest absolute Gasteiger partial charge is 0.378 e. The van der Waals surface area contributed by atoms with Gasteiger partial charge in [-0.15, -0.1) is 0 Å². The number of amides is 2. The minimum atomic E-state index is -1.14. The number of pyridine rings is 1. The number of hydrogen-bond acceptors (Lipinski definition) is 5. The number of anilines is 1. The number of nitrogens with zero attached hydrogens (tertiary/aromatic N) is 4. The third-order valence-corrected chi connectivity index (χ3v) is 5.72. The van der Waals surface area contributed by atoms with E-state index in [9.17, 15) is 23.5 Å². The molecule has 0 radical (unpaired) electrons. The number of carbonyl (C=O) groups excluding carboxylic acids is 2. The van der Waals surface area contributed by atoms with Crippen molar-refractivity contribution in [2.75, 3.05) is 11.9 Å². The molecule has 3 heterocycles. The maximum atomic E-state index is 13.8. The van der Waals surface area contributed by atoms with Crippen LogP contribution in [0.15, 0.2) is 42.7 Å². The van der Waals surface area contributed by atoms with Crippen LogP contribution in [0.2, 0.25) is 0 Å². The van der Waals surface area contributed by atoms with Crippen LogP contribution >= 0.6 is 0 Å². The highest BCUT2D eigenvalue weighted by Gasteiger charge is 2.30. The van der Waals surface area contributed by atoms with Gasteiger partial charge in [-0.1, -0.05) is 17.9 Å². The zero-order chi connectivity index (χ0) is 26.0. The average molecular weight is 494 g/mol. The molecule has 2 amide bonds. The Morgan fingerprint density at radius 3 is 2.78 bits per heavy atom. The smallest absolute Gasteiger partial charge is 0.342 e. The van der Waals surface area contributed by atoms with E-state index >= 15 is 0 Å². The van der Waals surface area contributed by atoms with Gasteiger partial charge in [0.15, 0.2) is 0 Å². The molecule has 4 rings (SSSR count). The maximum absolute atomic E-state index is 13.8. The van der Waals surface area contributed by atoms with E-state index in [1.807, 2.05) is 12.1 Å². The summed E-state index contributed by atoms with van der Waals surface area (Å²) in [6.07, 6.45) is 3.83. The van der Waals surface area contributed by atoms with Gasteiger partial charge in [-0.25, -0.2) is 4.79 Å². The molecule has 0 bridgehead atoms. The third kappa shape index (κ3) is 5.75. The van der Waals surface area contributed by atoms with Gasteiger partial charge in [0.1, 0.15) is 11.6 Å². The van der Waals surface area contributed by atoms with Crippen LogP contribution in [0.5, 0.6) is 0 Å². The van der Waals surface area contributed by atoms with Crippen LogP contribution < -0.4 is 10.2 Å². The van der Waals surface area contributed by atoms with Crippen molar-refractivity contribution in [1.82, 2.24) is 20.1 Å². The van der Waals surface area contributed by atoms with E-state index < -0.39 is 29.6 Å². The van der Waals surface area contributed by atoms with Crippen LogP contribution in [0.3, 0.4) is 0 Å². The Bertz CT molecular complexity index is 1380. The van der Waals surface area contributed by atoms with E-state index in [2.05, 4.69) is 27.2 Å². The van der Waals surface area contributed by atoms with Gasteiger partial charge in [-0.05, 0) is 62.1 Å². The van der Waals surface area contributed by atoms with Crippen LogP contribution in [0.1, 0.15) is 42.5 Å². The molecule has 2 N–H and O–H groups in total. The zero-order valence-electron chi connectivity index (χ0n) is 20.0. The summed E-state index contributed by atoms with van der Waals surface area (Å²) in [6, 6.07) is 6.47. The van der Waals surface area contributed by atoms with Crippen molar-refractivity contribution in [3.05, 3.63) is 76.9 Å². The maximum Gasteiger partial charge on any atom is 0.342 e. The lowest BCUT2D eigenvalue weighted by Gasteiger charge is -2.22. The van der Waals surface area contributed by atoms with Crippen LogP contribution in [-0.4, -0.2) is 50.5 Å². The number of rotatable bonds is 3. The lowest BCUT2D eigenvalue weighted by molar-refractivity contribution is -0.120. The number of aliphatic hydroxyl groups is 1. The standard InChI is InChI=1S/C26H25F2N5O3/c1-26(2,36)11-10-16-4-5-18-6-8-20(24(34)32(3)21(18)13-16)30-25(35)33-15-17(14-29-33)12-19-7-9-22(27)31-23(19)28/h4-5,7,9,13-15,20,36H,6,8,12H2,1-3H3,(H,30,35). The Kier molecular flexibility index (Phi) is 6.86. The van der Waals surface area contributed by atoms with E-state index in [-0.39, 0.29) is 17.9 Å². The minimum absolute atomic E-state index is 0.0749. The molecule has 1 aliphatic heterocycles. The first kappa shape index (κ1) is 25.0. The average Bonchev–Trinajstić information content (AvgIpc) is 3.25. The molecule has 0 saturated heterocycles. The monoisotopic (exact) mass is 493 g/mol. The second-order valence-corrected chi connectivity index (χ2v) is 9.14. The van der Waals surface area contributed by atoms with Gasteiger partial charge >= 0.3 is 6.03 Å². The minimum Gasteiger partial charge on any atom is -0.378 e. The van der Waals surface area contributed by atoms with Crippen LogP contribution in [0.4, 0.5) is 19.3 Å². The molecule has 8 nitrogen and oxygen atoms in total. The van der Waals surface area contributed by atoms with Crippen molar-refractivity contribution < 1.29 is 23.5 Å². The zero-order valence-corrected chi connectivity index (χ0v) is 20.0. The van der Waals surface area contributed by atoms with Gasteiger partial charge in [0.2, 0.25) is 17.8 Å². The highest BCUT2D eigenvalue weighted by molar-refractivity contribution is 6.00. The van der Waals surface area contributed by atoms with Gasteiger partial charge in [-0.3, -0.25) is 4.79 Å². The number of aromatic nitrogens is 3. The molecule has 1 aliphatic rings. The molecule has 2 aromatic heterocycles. The molecule has 1 aromatic carbocycles. The van der Waals surface area contributed by atoms with E-state index in [0.29, 0.717) is 29.7 Å². The van der Waals surface area contributed by atoms with E-state index in [0.717, 1.165) is 16.3 Å². The summed E-state index contributed by atoms with van der Waals surface area (Å²) in [6.45, 7) is 3.18. The lowest BCUT2D eigenvalue weighted by atomic mass is 10.0. The summed E-state index contributed by atoms with van der Waals surface area (Å²) >= 11 is 0. The first-order valence-corrected chi connectivity index (χ1v) is 11.3. The number of carbonyl (C=O) groups is 2. The number of aryl methyl sites for hydroxylation is 1. The van der Waals surface area contributed by atoms with Gasteiger partial charge in [0, 0.05) is 36.5 Å². The van der Waals surface area contributed by atoms with E-state index in [4.69, 9.17) is 0 Å². The number of hydrogen-bond donors (Lipinski definition) is 2. The molecule has 10 heteroatoms. The summed E-state index contributed by atoms with van der Waals surface area (Å²) < 4.78 is 27.9. The topological polar surface area (TPSA) is 100 Å². The quantitative estimate of drug-likeness (QED) is 0.432. The Morgan fingerprint density at radius 2 is 2.06 bits per heavy atom. The summed E-state index contributed by atoms with van der Waals surface area (Å²) in [7, 11) is 1.64. The summed E-state index contributed by atoms with van der Waals surface area (Å²) in [5, 5.41) is 16.6. The van der Waals surface area contributed by atoms with Crippen LogP contribution in [0, 0.1) is 23.7 Å². The number of fused-ring (bicyclic) bond motifs is 1. The molecule has 1 atom stereocenters. The Labute approximate surface area is 207 Å². The Morgan fingerprint density at radius 1 is 1.28 bits per heavy atom. The van der Waals surface area contributed by atoms with Crippen molar-refractivity contribution in [2.45, 2.75) is 44.8 Å². The van der Waals surface area contributed by atoms with Crippen molar-refractivity contribution in [2.24, 2.45) is 0 Å². The third-order valence-electron chi connectivity index (χ3n) is 5.72. The Balaban J connectivity index is 1.46. The number of benzene rings is 1. The molecule has 36 heavy (non-hydrogen) atoms. The first-order valence-electron chi connectivity index (χ1n) is 11.3. The highest BCUT2D eigenvalue weighted by atomic mass is 19.1. The summed E-state index contributed by atoms with van der Waals surface area (Å²) in [5.74, 6) is 3.55. The van der Waals surface area contributed by atoms with Gasteiger partial charge in [0.25, 0.3) is 0 Å². The Hall–Kier alpha value is -4.10. The fraction of sp³-hybridized carbons (Fsp3) is 0.308. The van der Waals surface area contributed by atoms with Gasteiger partial charge in [0.05, 0.1) is 6.20 Å². The molecule has 0 aliphatic carbocycles. The summed E-state index contributed by atoms with van der Waals surface area (Å²) in [5.41, 5.74) is 1.84. The second kappa shape index (κ2) is 9.87. The predicted octanol–water partition coefficient (Wildman–Crippen LogP) is 2.81.